The predicted molar refractivity (Wildman–Crippen MR) is 58.0 cm³/mol. The monoisotopic (exact) mass is 195 g/mol. The van der Waals surface area contributed by atoms with Gasteiger partial charge in [0.1, 0.15) is 22.8 Å². The molecule has 0 unspecified atom stereocenters. The number of phenolic OH excluding ortho intramolecular Hbond substituents is 1. The average Bonchev–Trinajstić information content (AvgIpc) is 2.01. The molecule has 3 nitrogen and oxygen atoms in total. The number of benzene rings is 1. The molecule has 3 heteroatoms. The summed E-state index contributed by atoms with van der Waals surface area (Å²) in [6, 6.07) is 5.22. The summed E-state index contributed by atoms with van der Waals surface area (Å²) in [6.45, 7) is 5.91. The van der Waals surface area contributed by atoms with Gasteiger partial charge in [-0.2, -0.15) is 0 Å². The topological polar surface area (TPSA) is 41.5 Å². The van der Waals surface area contributed by atoms with Crippen molar-refractivity contribution in [3.05, 3.63) is 18.2 Å². The number of hydrogen-bond acceptors (Lipinski definition) is 3. The molecule has 0 aliphatic rings. The summed E-state index contributed by atoms with van der Waals surface area (Å²) in [6.07, 6.45) is 0. The minimum Gasteiger partial charge on any atom is -0.506 e. The van der Waals surface area contributed by atoms with Gasteiger partial charge in [-0.05, 0) is 32.9 Å². The zero-order valence-corrected chi connectivity index (χ0v) is 9.09. The molecule has 78 valence electrons. The van der Waals surface area contributed by atoms with Crippen molar-refractivity contribution in [1.82, 2.24) is 0 Å². The Labute approximate surface area is 84.7 Å². The first-order chi connectivity index (χ1) is 6.44. The molecule has 2 N–H and O–H groups in total. The van der Waals surface area contributed by atoms with E-state index in [0.29, 0.717) is 11.4 Å². The number of para-hydroxylation sites is 1. The highest BCUT2D eigenvalue weighted by Gasteiger charge is 2.15. The molecule has 0 aliphatic heterocycles. The van der Waals surface area contributed by atoms with E-state index in [2.05, 4.69) is 5.32 Å². The molecule has 0 fully saturated rings. The van der Waals surface area contributed by atoms with E-state index in [1.54, 1.807) is 19.2 Å². The lowest BCUT2D eigenvalue weighted by molar-refractivity contribution is 0.131. The zero-order valence-electron chi connectivity index (χ0n) is 9.09. The maximum Gasteiger partial charge on any atom is 0.147 e. The van der Waals surface area contributed by atoms with Crippen molar-refractivity contribution >= 4 is 5.69 Å². The first-order valence-corrected chi connectivity index (χ1v) is 4.63. The Balaban J connectivity index is 3.02. The molecule has 0 aromatic heterocycles. The lowest BCUT2D eigenvalue weighted by Gasteiger charge is -2.23. The summed E-state index contributed by atoms with van der Waals surface area (Å²) in [5.41, 5.74) is 0.363. The van der Waals surface area contributed by atoms with Crippen LogP contribution in [0.1, 0.15) is 20.8 Å². The van der Waals surface area contributed by atoms with Gasteiger partial charge in [0, 0.05) is 7.05 Å². The Morgan fingerprint density at radius 1 is 1.29 bits per heavy atom. The minimum atomic E-state index is -0.264. The SMILES string of the molecule is CNc1c(O)cccc1OC(C)(C)C. The van der Waals surface area contributed by atoms with Crippen molar-refractivity contribution in [3.63, 3.8) is 0 Å². The van der Waals surface area contributed by atoms with E-state index in [1.807, 2.05) is 26.8 Å². The van der Waals surface area contributed by atoms with Crippen molar-refractivity contribution in [2.75, 3.05) is 12.4 Å². The van der Waals surface area contributed by atoms with Gasteiger partial charge in [-0.1, -0.05) is 6.07 Å². The summed E-state index contributed by atoms with van der Waals surface area (Å²) in [5.74, 6) is 0.870. The quantitative estimate of drug-likeness (QED) is 0.713. The fraction of sp³-hybridized carbons (Fsp3) is 0.455. The van der Waals surface area contributed by atoms with Crippen LogP contribution in [0.4, 0.5) is 5.69 Å². The van der Waals surface area contributed by atoms with Crippen LogP contribution in [-0.4, -0.2) is 17.8 Å². The number of anilines is 1. The Morgan fingerprint density at radius 3 is 2.43 bits per heavy atom. The lowest BCUT2D eigenvalue weighted by Crippen LogP contribution is -2.23. The first-order valence-electron chi connectivity index (χ1n) is 4.63. The molecule has 0 heterocycles. The van der Waals surface area contributed by atoms with E-state index < -0.39 is 0 Å². The largest absolute Gasteiger partial charge is 0.506 e. The second kappa shape index (κ2) is 3.78. The van der Waals surface area contributed by atoms with Gasteiger partial charge in [-0.15, -0.1) is 0 Å². The number of phenols is 1. The second-order valence-corrected chi connectivity index (χ2v) is 4.11. The number of rotatable bonds is 2. The molecule has 1 rings (SSSR count). The molecule has 0 radical (unpaired) electrons. The van der Waals surface area contributed by atoms with E-state index in [0.717, 1.165) is 0 Å². The predicted octanol–water partition coefficient (Wildman–Crippen LogP) is 2.61. The molecule has 0 atom stereocenters. The van der Waals surface area contributed by atoms with Crippen molar-refractivity contribution in [2.45, 2.75) is 26.4 Å². The molecule has 0 aliphatic carbocycles. The third-order valence-corrected chi connectivity index (χ3v) is 1.67. The van der Waals surface area contributed by atoms with Gasteiger partial charge in [0.2, 0.25) is 0 Å². The van der Waals surface area contributed by atoms with Crippen LogP contribution in [0.3, 0.4) is 0 Å². The minimum absolute atomic E-state index is 0.203. The fourth-order valence-electron chi connectivity index (χ4n) is 1.19. The van der Waals surface area contributed by atoms with Gasteiger partial charge in [-0.25, -0.2) is 0 Å². The van der Waals surface area contributed by atoms with Crippen molar-refractivity contribution in [2.24, 2.45) is 0 Å². The van der Waals surface area contributed by atoms with E-state index in [9.17, 15) is 5.11 Å². The standard InChI is InChI=1S/C11H17NO2/c1-11(2,3)14-9-7-5-6-8(13)10(9)12-4/h5-7,12-13H,1-4H3. The van der Waals surface area contributed by atoms with Gasteiger partial charge < -0.3 is 15.2 Å². The number of nitrogens with one attached hydrogen (secondary N) is 1. The summed E-state index contributed by atoms with van der Waals surface area (Å²) in [4.78, 5) is 0. The number of aromatic hydroxyl groups is 1. The molecule has 0 saturated heterocycles. The Hall–Kier alpha value is -1.38. The van der Waals surface area contributed by atoms with Crippen LogP contribution in [0.2, 0.25) is 0 Å². The molecular formula is C11H17NO2. The zero-order chi connectivity index (χ0) is 10.8. The Bertz CT molecular complexity index is 316. The Kier molecular flexibility index (Phi) is 2.89. The van der Waals surface area contributed by atoms with Crippen LogP contribution in [0.5, 0.6) is 11.5 Å². The number of ether oxygens (including phenoxy) is 1. The fourth-order valence-corrected chi connectivity index (χ4v) is 1.19. The van der Waals surface area contributed by atoms with E-state index in [-0.39, 0.29) is 11.4 Å². The van der Waals surface area contributed by atoms with Gasteiger partial charge in [0.25, 0.3) is 0 Å². The molecular weight excluding hydrogens is 178 g/mol. The van der Waals surface area contributed by atoms with Gasteiger partial charge in [-0.3, -0.25) is 0 Å². The van der Waals surface area contributed by atoms with Crippen LogP contribution in [-0.2, 0) is 0 Å². The van der Waals surface area contributed by atoms with Gasteiger partial charge in [0.15, 0.2) is 0 Å². The normalized spacial score (nSPS) is 11.1. The smallest absolute Gasteiger partial charge is 0.147 e. The molecule has 0 saturated carbocycles. The van der Waals surface area contributed by atoms with Gasteiger partial charge in [0.05, 0.1) is 0 Å². The summed E-state index contributed by atoms with van der Waals surface area (Å²) < 4.78 is 5.68. The Morgan fingerprint density at radius 2 is 1.93 bits per heavy atom. The maximum absolute atomic E-state index is 9.55. The molecule has 0 bridgehead atoms. The van der Waals surface area contributed by atoms with Crippen molar-refractivity contribution in [1.29, 1.82) is 0 Å². The van der Waals surface area contributed by atoms with Crippen LogP contribution >= 0.6 is 0 Å². The van der Waals surface area contributed by atoms with Crippen LogP contribution in [0.25, 0.3) is 0 Å². The highest BCUT2D eigenvalue weighted by atomic mass is 16.5. The van der Waals surface area contributed by atoms with Crippen LogP contribution in [0, 0.1) is 0 Å². The van der Waals surface area contributed by atoms with Gasteiger partial charge >= 0.3 is 0 Å². The first kappa shape index (κ1) is 10.7. The van der Waals surface area contributed by atoms with Crippen LogP contribution < -0.4 is 10.1 Å². The van der Waals surface area contributed by atoms with E-state index in [1.165, 1.54) is 0 Å². The van der Waals surface area contributed by atoms with Crippen molar-refractivity contribution in [3.8, 4) is 11.5 Å². The highest BCUT2D eigenvalue weighted by molar-refractivity contribution is 5.65. The summed E-state index contributed by atoms with van der Waals surface area (Å²) in [5, 5.41) is 12.5. The van der Waals surface area contributed by atoms with E-state index in [4.69, 9.17) is 4.74 Å². The van der Waals surface area contributed by atoms with Crippen molar-refractivity contribution < 1.29 is 9.84 Å². The lowest BCUT2D eigenvalue weighted by atomic mass is 10.2. The third kappa shape index (κ3) is 2.55. The highest BCUT2D eigenvalue weighted by Crippen LogP contribution is 2.34. The maximum atomic E-state index is 9.55. The molecule has 0 amide bonds. The average molecular weight is 195 g/mol. The van der Waals surface area contributed by atoms with E-state index >= 15 is 0 Å². The molecule has 1 aromatic rings. The van der Waals surface area contributed by atoms with Crippen LogP contribution in [0.15, 0.2) is 18.2 Å². The summed E-state index contributed by atoms with van der Waals surface area (Å²) >= 11 is 0. The second-order valence-electron chi connectivity index (χ2n) is 4.11. The molecule has 0 spiro atoms. The molecule has 1 aromatic carbocycles. The number of hydrogen-bond donors (Lipinski definition) is 2. The summed E-state index contributed by atoms with van der Waals surface area (Å²) in [7, 11) is 1.75. The third-order valence-electron chi connectivity index (χ3n) is 1.67. The molecule has 14 heavy (non-hydrogen) atoms.